The SMILES string of the molecule is Cc1cccc(Nc2cc3ccccc3c(=O)[nH]2)c1. The van der Waals surface area contributed by atoms with Gasteiger partial charge in [0.15, 0.2) is 0 Å². The summed E-state index contributed by atoms with van der Waals surface area (Å²) in [5, 5.41) is 4.86. The van der Waals surface area contributed by atoms with Gasteiger partial charge in [0.1, 0.15) is 5.82 Å². The Labute approximate surface area is 110 Å². The van der Waals surface area contributed by atoms with Crippen LogP contribution in [0.3, 0.4) is 0 Å². The minimum Gasteiger partial charge on any atom is -0.342 e. The monoisotopic (exact) mass is 250 g/mol. The third-order valence-corrected chi connectivity index (χ3v) is 3.05. The number of hydrogen-bond acceptors (Lipinski definition) is 2. The van der Waals surface area contributed by atoms with Crippen LogP contribution in [0.4, 0.5) is 11.5 Å². The molecule has 3 nitrogen and oxygen atoms in total. The molecule has 0 fully saturated rings. The summed E-state index contributed by atoms with van der Waals surface area (Å²) in [4.78, 5) is 14.8. The Kier molecular flexibility index (Phi) is 2.80. The van der Waals surface area contributed by atoms with Gasteiger partial charge in [-0.2, -0.15) is 0 Å². The Morgan fingerprint density at radius 2 is 1.84 bits per heavy atom. The lowest BCUT2D eigenvalue weighted by atomic mass is 10.1. The second kappa shape index (κ2) is 4.61. The zero-order valence-corrected chi connectivity index (χ0v) is 10.6. The predicted molar refractivity (Wildman–Crippen MR) is 79.0 cm³/mol. The van der Waals surface area contributed by atoms with Crippen LogP contribution in [-0.4, -0.2) is 4.98 Å². The van der Waals surface area contributed by atoms with Crippen LogP contribution in [0.15, 0.2) is 59.4 Å². The largest absolute Gasteiger partial charge is 0.342 e. The Morgan fingerprint density at radius 3 is 2.68 bits per heavy atom. The van der Waals surface area contributed by atoms with Gasteiger partial charge in [0.05, 0.1) is 0 Å². The maximum absolute atomic E-state index is 12.0. The zero-order valence-electron chi connectivity index (χ0n) is 10.6. The van der Waals surface area contributed by atoms with E-state index >= 15 is 0 Å². The lowest BCUT2D eigenvalue weighted by Crippen LogP contribution is -2.08. The van der Waals surface area contributed by atoms with Crippen molar-refractivity contribution in [3.63, 3.8) is 0 Å². The summed E-state index contributed by atoms with van der Waals surface area (Å²) in [6.45, 7) is 2.04. The average molecular weight is 250 g/mol. The van der Waals surface area contributed by atoms with Crippen molar-refractivity contribution in [1.29, 1.82) is 0 Å². The van der Waals surface area contributed by atoms with Crippen molar-refractivity contribution in [1.82, 2.24) is 4.98 Å². The third-order valence-electron chi connectivity index (χ3n) is 3.05. The van der Waals surface area contributed by atoms with Gasteiger partial charge in [-0.05, 0) is 42.1 Å². The highest BCUT2D eigenvalue weighted by Crippen LogP contribution is 2.18. The molecule has 0 radical (unpaired) electrons. The molecule has 1 heterocycles. The summed E-state index contributed by atoms with van der Waals surface area (Å²) in [6.07, 6.45) is 0. The molecule has 19 heavy (non-hydrogen) atoms. The van der Waals surface area contributed by atoms with Crippen LogP contribution < -0.4 is 10.9 Å². The molecule has 0 bridgehead atoms. The number of H-pyrrole nitrogens is 1. The van der Waals surface area contributed by atoms with Crippen LogP contribution >= 0.6 is 0 Å². The van der Waals surface area contributed by atoms with Gasteiger partial charge in [0.25, 0.3) is 5.56 Å². The molecular formula is C16H14N2O. The first-order chi connectivity index (χ1) is 9.22. The number of nitrogens with one attached hydrogen (secondary N) is 2. The van der Waals surface area contributed by atoms with Gasteiger partial charge in [-0.25, -0.2) is 0 Å². The number of anilines is 2. The molecule has 0 unspecified atom stereocenters. The van der Waals surface area contributed by atoms with Crippen LogP contribution in [0.2, 0.25) is 0 Å². The first kappa shape index (κ1) is 11.5. The molecule has 1 aromatic heterocycles. The molecular weight excluding hydrogens is 236 g/mol. The van der Waals surface area contributed by atoms with Crippen LogP contribution in [0.25, 0.3) is 10.8 Å². The normalized spacial score (nSPS) is 10.6. The van der Waals surface area contributed by atoms with Gasteiger partial charge < -0.3 is 10.3 Å². The maximum atomic E-state index is 12.0. The van der Waals surface area contributed by atoms with Gasteiger partial charge in [-0.3, -0.25) is 4.79 Å². The first-order valence-electron chi connectivity index (χ1n) is 6.18. The fourth-order valence-corrected chi connectivity index (χ4v) is 2.16. The minimum absolute atomic E-state index is 0.0757. The van der Waals surface area contributed by atoms with Crippen LogP contribution in [0.1, 0.15) is 5.56 Å². The minimum atomic E-state index is -0.0757. The number of aryl methyl sites for hydroxylation is 1. The molecule has 3 rings (SSSR count). The number of aromatic amines is 1. The van der Waals surface area contributed by atoms with Crippen molar-refractivity contribution >= 4 is 22.3 Å². The van der Waals surface area contributed by atoms with Gasteiger partial charge in [-0.15, -0.1) is 0 Å². The highest BCUT2D eigenvalue weighted by Gasteiger charge is 2.01. The van der Waals surface area contributed by atoms with E-state index in [0.29, 0.717) is 11.2 Å². The molecule has 0 aliphatic heterocycles. The summed E-state index contributed by atoms with van der Waals surface area (Å²) < 4.78 is 0. The summed E-state index contributed by atoms with van der Waals surface area (Å²) >= 11 is 0. The van der Waals surface area contributed by atoms with E-state index in [4.69, 9.17) is 0 Å². The number of fused-ring (bicyclic) bond motifs is 1. The topological polar surface area (TPSA) is 44.9 Å². The van der Waals surface area contributed by atoms with E-state index in [2.05, 4.69) is 10.3 Å². The Bertz CT molecular complexity index is 790. The van der Waals surface area contributed by atoms with E-state index in [0.717, 1.165) is 11.1 Å². The molecule has 3 aromatic rings. The van der Waals surface area contributed by atoms with Crippen molar-refractivity contribution < 1.29 is 0 Å². The standard InChI is InChI=1S/C16H14N2O/c1-11-5-4-7-13(9-11)17-15-10-12-6-2-3-8-14(12)16(19)18-15/h2-10H,1H3,(H2,17,18,19). The number of aromatic nitrogens is 1. The zero-order chi connectivity index (χ0) is 13.2. The van der Waals surface area contributed by atoms with Crippen molar-refractivity contribution in [3.05, 3.63) is 70.5 Å². The van der Waals surface area contributed by atoms with E-state index in [1.807, 2.05) is 61.5 Å². The second-order valence-corrected chi connectivity index (χ2v) is 4.59. The van der Waals surface area contributed by atoms with E-state index in [9.17, 15) is 4.79 Å². The highest BCUT2D eigenvalue weighted by atomic mass is 16.1. The Morgan fingerprint density at radius 1 is 1.00 bits per heavy atom. The van der Waals surface area contributed by atoms with Crippen LogP contribution in [0.5, 0.6) is 0 Å². The van der Waals surface area contributed by atoms with Crippen molar-refractivity contribution in [3.8, 4) is 0 Å². The van der Waals surface area contributed by atoms with E-state index < -0.39 is 0 Å². The molecule has 3 heteroatoms. The fourth-order valence-electron chi connectivity index (χ4n) is 2.16. The molecule has 0 atom stereocenters. The third kappa shape index (κ3) is 2.36. The summed E-state index contributed by atoms with van der Waals surface area (Å²) in [6, 6.07) is 17.5. The molecule has 0 saturated carbocycles. The van der Waals surface area contributed by atoms with Gasteiger partial charge in [0.2, 0.25) is 0 Å². The lowest BCUT2D eigenvalue weighted by molar-refractivity contribution is 1.26. The van der Waals surface area contributed by atoms with E-state index in [1.54, 1.807) is 0 Å². The number of hydrogen-bond donors (Lipinski definition) is 2. The van der Waals surface area contributed by atoms with Crippen LogP contribution in [-0.2, 0) is 0 Å². The summed E-state index contributed by atoms with van der Waals surface area (Å²) in [5.41, 5.74) is 2.06. The number of benzene rings is 2. The summed E-state index contributed by atoms with van der Waals surface area (Å²) in [5.74, 6) is 0.703. The first-order valence-corrected chi connectivity index (χ1v) is 6.18. The molecule has 2 N–H and O–H groups in total. The highest BCUT2D eigenvalue weighted by molar-refractivity contribution is 5.84. The van der Waals surface area contributed by atoms with Crippen molar-refractivity contribution in [2.75, 3.05) is 5.32 Å². The van der Waals surface area contributed by atoms with Crippen molar-refractivity contribution in [2.24, 2.45) is 0 Å². The predicted octanol–water partition coefficient (Wildman–Crippen LogP) is 3.58. The number of rotatable bonds is 2. The van der Waals surface area contributed by atoms with Crippen LogP contribution in [0, 0.1) is 6.92 Å². The number of pyridine rings is 1. The molecule has 2 aromatic carbocycles. The van der Waals surface area contributed by atoms with Gasteiger partial charge in [0, 0.05) is 11.1 Å². The van der Waals surface area contributed by atoms with Crippen molar-refractivity contribution in [2.45, 2.75) is 6.92 Å². The van der Waals surface area contributed by atoms with Gasteiger partial charge >= 0.3 is 0 Å². The molecule has 0 amide bonds. The summed E-state index contributed by atoms with van der Waals surface area (Å²) in [7, 11) is 0. The smallest absolute Gasteiger partial charge is 0.257 e. The fraction of sp³-hybridized carbons (Fsp3) is 0.0625. The maximum Gasteiger partial charge on any atom is 0.257 e. The molecule has 0 spiro atoms. The van der Waals surface area contributed by atoms with Gasteiger partial charge in [-0.1, -0.05) is 30.3 Å². The average Bonchev–Trinajstić information content (AvgIpc) is 2.39. The molecule has 0 aliphatic rings. The Balaban J connectivity index is 2.04. The second-order valence-electron chi connectivity index (χ2n) is 4.59. The molecule has 94 valence electrons. The Hall–Kier alpha value is -2.55. The quantitative estimate of drug-likeness (QED) is 0.730. The van der Waals surface area contributed by atoms with E-state index in [1.165, 1.54) is 5.56 Å². The molecule has 0 saturated heterocycles. The van der Waals surface area contributed by atoms with E-state index in [-0.39, 0.29) is 5.56 Å². The lowest BCUT2D eigenvalue weighted by Gasteiger charge is -2.08. The molecule has 0 aliphatic carbocycles.